The Labute approximate surface area is 123 Å². The van der Waals surface area contributed by atoms with Gasteiger partial charge in [0.2, 0.25) is 10.0 Å². The molecule has 1 saturated heterocycles. The number of carbonyl (C=O) groups is 1. The second kappa shape index (κ2) is 6.00. The van der Waals surface area contributed by atoms with Gasteiger partial charge in [0.15, 0.2) is 0 Å². The molecule has 8 heteroatoms. The maximum absolute atomic E-state index is 12.2. The number of aromatic hydroxyl groups is 1. The Bertz CT molecular complexity index is 644. The van der Waals surface area contributed by atoms with Crippen molar-refractivity contribution in [3.05, 3.63) is 23.8 Å². The van der Waals surface area contributed by atoms with Gasteiger partial charge in [0, 0.05) is 13.1 Å². The van der Waals surface area contributed by atoms with E-state index in [0.29, 0.717) is 6.54 Å². The highest BCUT2D eigenvalue weighted by molar-refractivity contribution is 7.89. The second-order valence-electron chi connectivity index (χ2n) is 5.25. The minimum atomic E-state index is -3.78. The van der Waals surface area contributed by atoms with Crippen LogP contribution in [0.25, 0.3) is 0 Å². The number of carboxylic acid groups (broad SMARTS) is 1. The third-order valence-electron chi connectivity index (χ3n) is 3.56. The van der Waals surface area contributed by atoms with Gasteiger partial charge in [-0.3, -0.25) is 0 Å². The minimum absolute atomic E-state index is 0.163. The molecule has 0 amide bonds. The molecule has 1 heterocycles. The average Bonchev–Trinajstić information content (AvgIpc) is 2.82. The van der Waals surface area contributed by atoms with Gasteiger partial charge in [0.25, 0.3) is 0 Å². The SMILES string of the molecule is CN1CCC(CNS(=O)(=O)c2ccc(O)c(C(=O)O)c2)C1. The van der Waals surface area contributed by atoms with Crippen LogP contribution >= 0.6 is 0 Å². The van der Waals surface area contributed by atoms with Gasteiger partial charge < -0.3 is 15.1 Å². The zero-order valence-electron chi connectivity index (χ0n) is 11.6. The molecule has 0 bridgehead atoms. The normalized spacial score (nSPS) is 19.8. The summed E-state index contributed by atoms with van der Waals surface area (Å²) in [4.78, 5) is 12.9. The maximum Gasteiger partial charge on any atom is 0.339 e. The van der Waals surface area contributed by atoms with E-state index in [1.165, 1.54) is 6.07 Å². The summed E-state index contributed by atoms with van der Waals surface area (Å²) >= 11 is 0. The van der Waals surface area contributed by atoms with Gasteiger partial charge in [0.05, 0.1) is 4.90 Å². The third-order valence-corrected chi connectivity index (χ3v) is 4.98. The largest absolute Gasteiger partial charge is 0.507 e. The van der Waals surface area contributed by atoms with Crippen LogP contribution < -0.4 is 4.72 Å². The Morgan fingerprint density at radius 1 is 1.48 bits per heavy atom. The van der Waals surface area contributed by atoms with Crippen molar-refractivity contribution in [2.24, 2.45) is 5.92 Å². The van der Waals surface area contributed by atoms with E-state index in [4.69, 9.17) is 5.11 Å². The molecule has 0 aromatic heterocycles. The Kier molecular flexibility index (Phi) is 4.50. The standard InChI is InChI=1S/C13H18N2O5S/c1-15-5-4-9(8-15)7-14-21(19,20)10-2-3-12(16)11(6-10)13(17)18/h2-3,6,9,14,16H,4-5,7-8H2,1H3,(H,17,18). The predicted molar refractivity (Wildman–Crippen MR) is 75.9 cm³/mol. The molecule has 2 rings (SSSR count). The molecule has 1 aromatic carbocycles. The predicted octanol–water partition coefficient (Wildman–Crippen LogP) is 0.320. The Morgan fingerprint density at radius 3 is 2.76 bits per heavy atom. The molecule has 3 N–H and O–H groups in total. The van der Waals surface area contributed by atoms with Crippen molar-refractivity contribution in [1.82, 2.24) is 9.62 Å². The van der Waals surface area contributed by atoms with Crippen LogP contribution in [0.1, 0.15) is 16.8 Å². The lowest BCUT2D eigenvalue weighted by molar-refractivity contribution is 0.0693. The van der Waals surface area contributed by atoms with Gasteiger partial charge in [-0.1, -0.05) is 0 Å². The van der Waals surface area contributed by atoms with Crippen LogP contribution in [0.2, 0.25) is 0 Å². The van der Waals surface area contributed by atoms with Crippen molar-refractivity contribution in [2.75, 3.05) is 26.7 Å². The molecule has 0 radical (unpaired) electrons. The van der Waals surface area contributed by atoms with E-state index in [9.17, 15) is 18.3 Å². The number of benzene rings is 1. The number of sulfonamides is 1. The number of hydrogen-bond donors (Lipinski definition) is 3. The third kappa shape index (κ3) is 3.72. The van der Waals surface area contributed by atoms with Crippen molar-refractivity contribution in [3.8, 4) is 5.75 Å². The summed E-state index contributed by atoms with van der Waals surface area (Å²) in [7, 11) is -1.80. The molecule has 1 aromatic rings. The molecule has 116 valence electrons. The topological polar surface area (TPSA) is 107 Å². The highest BCUT2D eigenvalue weighted by Gasteiger charge is 2.23. The zero-order chi connectivity index (χ0) is 15.6. The first-order valence-electron chi connectivity index (χ1n) is 6.54. The second-order valence-corrected chi connectivity index (χ2v) is 7.02. The number of hydrogen-bond acceptors (Lipinski definition) is 5. The van der Waals surface area contributed by atoms with Gasteiger partial charge in [0.1, 0.15) is 11.3 Å². The molecule has 1 aliphatic heterocycles. The van der Waals surface area contributed by atoms with Crippen LogP contribution in [0.15, 0.2) is 23.1 Å². The van der Waals surface area contributed by atoms with Crippen molar-refractivity contribution < 1.29 is 23.4 Å². The van der Waals surface area contributed by atoms with Crippen molar-refractivity contribution in [3.63, 3.8) is 0 Å². The van der Waals surface area contributed by atoms with E-state index < -0.39 is 27.3 Å². The van der Waals surface area contributed by atoms with Gasteiger partial charge >= 0.3 is 5.97 Å². The number of phenols is 1. The van der Waals surface area contributed by atoms with Gasteiger partial charge in [-0.2, -0.15) is 0 Å². The number of nitrogens with zero attached hydrogens (tertiary/aromatic N) is 1. The lowest BCUT2D eigenvalue weighted by Gasteiger charge is -2.12. The highest BCUT2D eigenvalue weighted by atomic mass is 32.2. The highest BCUT2D eigenvalue weighted by Crippen LogP contribution is 2.21. The maximum atomic E-state index is 12.2. The van der Waals surface area contributed by atoms with E-state index in [0.717, 1.165) is 31.6 Å². The molecule has 1 atom stereocenters. The molecule has 7 nitrogen and oxygen atoms in total. The average molecular weight is 314 g/mol. The number of aromatic carboxylic acids is 1. The molecule has 1 unspecified atom stereocenters. The molecule has 0 spiro atoms. The summed E-state index contributed by atoms with van der Waals surface area (Å²) in [6.07, 6.45) is 0.926. The Balaban J connectivity index is 2.12. The minimum Gasteiger partial charge on any atom is -0.507 e. The Hall–Kier alpha value is -1.64. The van der Waals surface area contributed by atoms with Crippen LogP contribution in [0.5, 0.6) is 5.75 Å². The number of rotatable bonds is 5. The number of likely N-dealkylation sites (tertiary alicyclic amines) is 1. The molecule has 0 aliphatic carbocycles. The molecule has 1 aliphatic rings. The van der Waals surface area contributed by atoms with Gasteiger partial charge in [-0.15, -0.1) is 0 Å². The monoisotopic (exact) mass is 314 g/mol. The fourth-order valence-corrected chi connectivity index (χ4v) is 3.50. The Morgan fingerprint density at radius 2 is 2.19 bits per heavy atom. The zero-order valence-corrected chi connectivity index (χ0v) is 12.4. The lowest BCUT2D eigenvalue weighted by Crippen LogP contribution is -2.30. The van der Waals surface area contributed by atoms with E-state index in [-0.39, 0.29) is 10.8 Å². The number of nitrogens with one attached hydrogen (secondary N) is 1. The quantitative estimate of drug-likeness (QED) is 0.722. The molecular formula is C13H18N2O5S. The van der Waals surface area contributed by atoms with E-state index in [1.54, 1.807) is 0 Å². The fourth-order valence-electron chi connectivity index (χ4n) is 2.36. The number of carboxylic acids is 1. The lowest BCUT2D eigenvalue weighted by atomic mass is 10.1. The summed E-state index contributed by atoms with van der Waals surface area (Å²) in [5.41, 5.74) is -0.432. The first-order valence-corrected chi connectivity index (χ1v) is 8.02. The van der Waals surface area contributed by atoms with Gasteiger partial charge in [-0.25, -0.2) is 17.9 Å². The summed E-state index contributed by atoms with van der Waals surface area (Å²) in [6.45, 7) is 2.09. The van der Waals surface area contributed by atoms with Crippen molar-refractivity contribution in [2.45, 2.75) is 11.3 Å². The summed E-state index contributed by atoms with van der Waals surface area (Å²) < 4.78 is 26.8. The summed E-state index contributed by atoms with van der Waals surface area (Å²) in [5, 5.41) is 18.3. The first-order chi connectivity index (χ1) is 9.79. The van der Waals surface area contributed by atoms with E-state index in [1.807, 2.05) is 7.05 Å². The van der Waals surface area contributed by atoms with Crippen LogP contribution in [0.3, 0.4) is 0 Å². The van der Waals surface area contributed by atoms with Crippen LogP contribution in [0.4, 0.5) is 0 Å². The first kappa shape index (κ1) is 15.7. The molecule has 0 saturated carbocycles. The molecular weight excluding hydrogens is 296 g/mol. The summed E-state index contributed by atoms with van der Waals surface area (Å²) in [5.74, 6) is -1.58. The van der Waals surface area contributed by atoms with Crippen molar-refractivity contribution in [1.29, 1.82) is 0 Å². The smallest absolute Gasteiger partial charge is 0.339 e. The fraction of sp³-hybridized carbons (Fsp3) is 0.462. The molecule has 1 fully saturated rings. The van der Waals surface area contributed by atoms with E-state index in [2.05, 4.69) is 9.62 Å². The van der Waals surface area contributed by atoms with Crippen LogP contribution in [-0.2, 0) is 10.0 Å². The summed E-state index contributed by atoms with van der Waals surface area (Å²) in [6, 6.07) is 3.22. The van der Waals surface area contributed by atoms with Crippen molar-refractivity contribution >= 4 is 16.0 Å². The van der Waals surface area contributed by atoms with Gasteiger partial charge in [-0.05, 0) is 44.1 Å². The van der Waals surface area contributed by atoms with Crippen LogP contribution in [0, 0.1) is 5.92 Å². The molecule has 21 heavy (non-hydrogen) atoms. The van der Waals surface area contributed by atoms with Crippen LogP contribution in [-0.4, -0.2) is 56.2 Å². The van der Waals surface area contributed by atoms with E-state index >= 15 is 0 Å².